The number of H-pyrrole nitrogens is 1. The monoisotopic (exact) mass is 389 g/mol. The molecule has 0 aliphatic rings. The Hall–Kier alpha value is -2.71. The molecule has 9 heteroatoms. The van der Waals surface area contributed by atoms with E-state index in [1.807, 2.05) is 10.8 Å². The van der Waals surface area contributed by atoms with Crippen LogP contribution in [0, 0.1) is 4.77 Å². The number of aromatic amines is 1. The molecule has 0 saturated carbocycles. The van der Waals surface area contributed by atoms with E-state index < -0.39 is 5.56 Å². The summed E-state index contributed by atoms with van der Waals surface area (Å²) in [6, 6.07) is 6.81. The van der Waals surface area contributed by atoms with Gasteiger partial charge < -0.3 is 9.67 Å². The molecule has 0 aliphatic heterocycles. The molecule has 2 aromatic heterocycles. The number of nitrogens with zero attached hydrogens (tertiary/aromatic N) is 4. The lowest BCUT2D eigenvalue weighted by atomic mass is 10.3. The van der Waals surface area contributed by atoms with Crippen LogP contribution in [-0.2, 0) is 6.54 Å². The standard InChI is InChI=1S/C17H16ClN5O2S/c18-12-3-1-4-13(9-12)23-16(25)14(15(24)21-17(23)26)10-19-5-2-7-22-8-6-20-11-22/h1,3-4,6,8-11,25H,2,5,7H2,(H,21,24,26). The third-order valence-electron chi connectivity index (χ3n) is 3.67. The predicted molar refractivity (Wildman–Crippen MR) is 103 cm³/mol. The van der Waals surface area contributed by atoms with Crippen molar-refractivity contribution < 1.29 is 5.11 Å². The average molecular weight is 390 g/mol. The number of halogens is 1. The fourth-order valence-corrected chi connectivity index (χ4v) is 2.90. The topological polar surface area (TPSA) is 88.2 Å². The van der Waals surface area contributed by atoms with Gasteiger partial charge in [0.05, 0.1) is 12.0 Å². The van der Waals surface area contributed by atoms with Crippen molar-refractivity contribution in [2.45, 2.75) is 13.0 Å². The molecular weight excluding hydrogens is 374 g/mol. The van der Waals surface area contributed by atoms with Gasteiger partial charge in [-0.05, 0) is 36.8 Å². The number of aromatic nitrogens is 4. The summed E-state index contributed by atoms with van der Waals surface area (Å²) in [5.74, 6) is -0.278. The molecule has 7 nitrogen and oxygen atoms in total. The van der Waals surface area contributed by atoms with Crippen LogP contribution < -0.4 is 5.56 Å². The molecule has 0 spiro atoms. The lowest BCUT2D eigenvalue weighted by Crippen LogP contribution is -2.18. The average Bonchev–Trinajstić information content (AvgIpc) is 3.10. The van der Waals surface area contributed by atoms with Gasteiger partial charge in [-0.2, -0.15) is 0 Å². The van der Waals surface area contributed by atoms with Crippen molar-refractivity contribution in [1.82, 2.24) is 19.1 Å². The maximum Gasteiger partial charge on any atom is 0.264 e. The SMILES string of the molecule is O=c1[nH]c(=S)n(-c2cccc(Cl)c2)c(O)c1C=NCCCn1ccnc1. The highest BCUT2D eigenvalue weighted by Gasteiger charge is 2.12. The van der Waals surface area contributed by atoms with Gasteiger partial charge in [-0.1, -0.05) is 17.7 Å². The molecular formula is C17H16ClN5O2S. The minimum Gasteiger partial charge on any atom is -0.494 e. The van der Waals surface area contributed by atoms with E-state index >= 15 is 0 Å². The maximum atomic E-state index is 12.1. The van der Waals surface area contributed by atoms with Crippen molar-refractivity contribution in [3.63, 3.8) is 0 Å². The largest absolute Gasteiger partial charge is 0.494 e. The Balaban J connectivity index is 1.83. The second kappa shape index (κ2) is 8.11. The second-order valence-corrected chi connectivity index (χ2v) is 6.32. The molecule has 134 valence electrons. The second-order valence-electron chi connectivity index (χ2n) is 5.50. The Labute approximate surface area is 159 Å². The van der Waals surface area contributed by atoms with Crippen molar-refractivity contribution in [2.24, 2.45) is 4.99 Å². The predicted octanol–water partition coefficient (Wildman–Crippen LogP) is 2.96. The molecule has 0 saturated heterocycles. The van der Waals surface area contributed by atoms with Gasteiger partial charge in [0.15, 0.2) is 4.77 Å². The van der Waals surface area contributed by atoms with Crippen LogP contribution in [0.1, 0.15) is 12.0 Å². The van der Waals surface area contributed by atoms with E-state index in [1.54, 1.807) is 36.8 Å². The minimum atomic E-state index is -0.496. The van der Waals surface area contributed by atoms with Crippen LogP contribution in [0.15, 0.2) is 52.8 Å². The summed E-state index contributed by atoms with van der Waals surface area (Å²) in [6.45, 7) is 1.27. The van der Waals surface area contributed by atoms with Crippen molar-refractivity contribution in [2.75, 3.05) is 6.54 Å². The molecule has 2 N–H and O–H groups in total. The number of hydrogen-bond acceptors (Lipinski definition) is 5. The van der Waals surface area contributed by atoms with Gasteiger partial charge in [0.25, 0.3) is 5.56 Å². The van der Waals surface area contributed by atoms with E-state index in [4.69, 9.17) is 23.8 Å². The molecule has 26 heavy (non-hydrogen) atoms. The first-order valence-corrected chi connectivity index (χ1v) is 8.64. The fraction of sp³-hybridized carbons (Fsp3) is 0.176. The Morgan fingerprint density at radius 1 is 1.42 bits per heavy atom. The zero-order valence-corrected chi connectivity index (χ0v) is 15.2. The van der Waals surface area contributed by atoms with E-state index in [-0.39, 0.29) is 16.2 Å². The number of aromatic hydroxyl groups is 1. The van der Waals surface area contributed by atoms with Crippen molar-refractivity contribution >= 4 is 30.0 Å². The summed E-state index contributed by atoms with van der Waals surface area (Å²) in [4.78, 5) is 22.9. The number of hydrogen-bond donors (Lipinski definition) is 2. The van der Waals surface area contributed by atoms with Crippen molar-refractivity contribution in [3.05, 3.63) is 68.7 Å². The summed E-state index contributed by atoms with van der Waals surface area (Å²) >= 11 is 11.2. The number of aliphatic imine (C=N–C) groups is 1. The Kier molecular flexibility index (Phi) is 5.65. The number of imidazole rings is 1. The third-order valence-corrected chi connectivity index (χ3v) is 4.19. The third kappa shape index (κ3) is 4.09. The van der Waals surface area contributed by atoms with Gasteiger partial charge >= 0.3 is 0 Å². The molecule has 0 atom stereocenters. The number of aryl methyl sites for hydroxylation is 1. The van der Waals surface area contributed by atoms with Crippen LogP contribution in [0.5, 0.6) is 5.88 Å². The van der Waals surface area contributed by atoms with Gasteiger partial charge in [0.1, 0.15) is 5.56 Å². The van der Waals surface area contributed by atoms with Crippen LogP contribution in [0.4, 0.5) is 0 Å². The first-order chi connectivity index (χ1) is 12.6. The summed E-state index contributed by atoms with van der Waals surface area (Å²) < 4.78 is 3.36. The lowest BCUT2D eigenvalue weighted by Gasteiger charge is -2.11. The Morgan fingerprint density at radius 3 is 3.00 bits per heavy atom. The normalized spacial score (nSPS) is 11.3. The number of rotatable bonds is 6. The highest BCUT2D eigenvalue weighted by atomic mass is 35.5. The molecule has 3 aromatic rings. The highest BCUT2D eigenvalue weighted by molar-refractivity contribution is 7.71. The van der Waals surface area contributed by atoms with Gasteiger partial charge in [-0.25, -0.2) is 4.98 Å². The van der Waals surface area contributed by atoms with E-state index in [9.17, 15) is 9.90 Å². The molecule has 3 rings (SSSR count). The molecule has 0 amide bonds. The molecule has 0 aliphatic carbocycles. The smallest absolute Gasteiger partial charge is 0.264 e. The van der Waals surface area contributed by atoms with Gasteiger partial charge in [0.2, 0.25) is 5.88 Å². The molecule has 0 fully saturated rings. The summed E-state index contributed by atoms with van der Waals surface area (Å²) in [5, 5.41) is 11.0. The van der Waals surface area contributed by atoms with Crippen molar-refractivity contribution in [1.29, 1.82) is 0 Å². The number of nitrogens with one attached hydrogen (secondary N) is 1. The van der Waals surface area contributed by atoms with Crippen LogP contribution in [-0.4, -0.2) is 37.0 Å². The van der Waals surface area contributed by atoms with Crippen LogP contribution >= 0.6 is 23.8 Å². The van der Waals surface area contributed by atoms with E-state index in [2.05, 4.69) is 15.0 Å². The maximum absolute atomic E-state index is 12.1. The first kappa shape index (κ1) is 18.1. The van der Waals surface area contributed by atoms with E-state index in [1.165, 1.54) is 10.8 Å². The zero-order valence-electron chi connectivity index (χ0n) is 13.7. The van der Waals surface area contributed by atoms with Crippen molar-refractivity contribution in [3.8, 4) is 11.6 Å². The van der Waals surface area contributed by atoms with E-state index in [0.29, 0.717) is 17.3 Å². The first-order valence-electron chi connectivity index (χ1n) is 7.86. The number of benzene rings is 1. The van der Waals surface area contributed by atoms with E-state index in [0.717, 1.165) is 13.0 Å². The summed E-state index contributed by atoms with van der Waals surface area (Å²) in [7, 11) is 0. The zero-order chi connectivity index (χ0) is 18.5. The quantitative estimate of drug-likeness (QED) is 0.385. The fourth-order valence-electron chi connectivity index (χ4n) is 2.43. The van der Waals surface area contributed by atoms with Crippen LogP contribution in [0.25, 0.3) is 5.69 Å². The highest BCUT2D eigenvalue weighted by Crippen LogP contribution is 2.21. The van der Waals surface area contributed by atoms with Crippen LogP contribution in [0.2, 0.25) is 5.02 Å². The van der Waals surface area contributed by atoms with Crippen LogP contribution in [0.3, 0.4) is 0 Å². The molecule has 1 aromatic carbocycles. The van der Waals surface area contributed by atoms with Gasteiger partial charge in [-0.15, -0.1) is 0 Å². The Bertz CT molecular complexity index is 1040. The minimum absolute atomic E-state index is 0.0428. The molecule has 0 bridgehead atoms. The summed E-state index contributed by atoms with van der Waals surface area (Å²) in [6.07, 6.45) is 7.45. The molecule has 0 unspecified atom stereocenters. The summed E-state index contributed by atoms with van der Waals surface area (Å²) in [5.41, 5.74) is 0.0938. The Morgan fingerprint density at radius 2 is 2.27 bits per heavy atom. The lowest BCUT2D eigenvalue weighted by molar-refractivity contribution is 0.432. The van der Waals surface area contributed by atoms with Gasteiger partial charge in [-0.3, -0.25) is 19.3 Å². The van der Waals surface area contributed by atoms with Gasteiger partial charge in [0, 0.05) is 36.7 Å². The molecule has 0 radical (unpaired) electrons. The molecule has 2 heterocycles.